The zero-order valence-corrected chi connectivity index (χ0v) is 18.1. The first-order valence-electron chi connectivity index (χ1n) is 10.4. The average molecular weight is 442 g/mol. The highest BCUT2D eigenvalue weighted by Crippen LogP contribution is 2.47. The number of hydrogen-bond donors (Lipinski definition) is 2. The van der Waals surface area contributed by atoms with E-state index in [4.69, 9.17) is 9.47 Å². The molecule has 1 aliphatic rings. The Morgan fingerprint density at radius 1 is 1.06 bits per heavy atom. The fourth-order valence-corrected chi connectivity index (χ4v) is 4.28. The molecule has 2 aromatic carbocycles. The van der Waals surface area contributed by atoms with Gasteiger partial charge in [0.05, 0.1) is 26.0 Å². The second-order valence-corrected chi connectivity index (χ2v) is 7.70. The first kappa shape index (κ1) is 20.6. The number of pyridine rings is 1. The second-order valence-electron chi connectivity index (χ2n) is 7.70. The maximum atomic E-state index is 13.5. The van der Waals surface area contributed by atoms with Crippen molar-refractivity contribution in [3.05, 3.63) is 89.4 Å². The number of carbonyl (C=O) groups excluding carboxylic acids is 1. The second kappa shape index (κ2) is 8.31. The van der Waals surface area contributed by atoms with Crippen LogP contribution in [0, 0.1) is 0 Å². The van der Waals surface area contributed by atoms with Crippen LogP contribution in [-0.4, -0.2) is 45.3 Å². The highest BCUT2D eigenvalue weighted by atomic mass is 16.5. The monoisotopic (exact) mass is 442 g/mol. The predicted molar refractivity (Wildman–Crippen MR) is 121 cm³/mol. The lowest BCUT2D eigenvalue weighted by Gasteiger charge is -2.27. The van der Waals surface area contributed by atoms with Crippen LogP contribution in [0.2, 0.25) is 0 Å². The molecule has 2 aromatic heterocycles. The smallest absolute Gasteiger partial charge is 0.273 e. The standard InChI is InChI=1S/C25H22N4O4/c1-32-18-11-17(12-19(33-2)24(18)30)23-20-21(16-8-4-3-5-9-16)27-28-22(20)25(31)29(23)14-15-7-6-10-26-13-15/h3-13,23,30H,14H2,1-2H3,(H,27,28). The van der Waals surface area contributed by atoms with E-state index in [0.29, 0.717) is 17.9 Å². The van der Waals surface area contributed by atoms with Gasteiger partial charge < -0.3 is 19.5 Å². The number of ether oxygens (including phenoxy) is 2. The Morgan fingerprint density at radius 3 is 2.42 bits per heavy atom. The molecule has 5 rings (SSSR count). The van der Waals surface area contributed by atoms with Gasteiger partial charge in [-0.1, -0.05) is 36.4 Å². The van der Waals surface area contributed by atoms with Gasteiger partial charge in [-0.25, -0.2) is 0 Å². The molecule has 0 saturated carbocycles. The number of phenolic OH excluding ortho intramolecular Hbond substituents is 1. The number of nitrogens with zero attached hydrogens (tertiary/aromatic N) is 3. The van der Waals surface area contributed by atoms with Gasteiger partial charge in [0, 0.05) is 30.1 Å². The van der Waals surface area contributed by atoms with E-state index < -0.39 is 6.04 Å². The van der Waals surface area contributed by atoms with Crippen LogP contribution >= 0.6 is 0 Å². The largest absolute Gasteiger partial charge is 0.502 e. The molecule has 33 heavy (non-hydrogen) atoms. The van der Waals surface area contributed by atoms with E-state index in [1.807, 2.05) is 42.5 Å². The molecular formula is C25H22N4O4. The third-order valence-electron chi connectivity index (χ3n) is 5.80. The Morgan fingerprint density at radius 2 is 1.79 bits per heavy atom. The van der Waals surface area contributed by atoms with Gasteiger partial charge in [0.1, 0.15) is 5.69 Å². The Bertz CT molecular complexity index is 1280. The zero-order chi connectivity index (χ0) is 22.9. The summed E-state index contributed by atoms with van der Waals surface area (Å²) in [5.74, 6) is 0.259. The average Bonchev–Trinajstić information content (AvgIpc) is 3.40. The van der Waals surface area contributed by atoms with Crippen LogP contribution in [0.1, 0.15) is 33.2 Å². The first-order valence-corrected chi connectivity index (χ1v) is 10.4. The SMILES string of the molecule is COc1cc(C2c3c(-c4ccccc4)n[nH]c3C(=O)N2Cc2cccnc2)cc(OC)c1O. The summed E-state index contributed by atoms with van der Waals surface area (Å²) >= 11 is 0. The van der Waals surface area contributed by atoms with Crippen LogP contribution in [0.3, 0.4) is 0 Å². The Labute approximate surface area is 190 Å². The van der Waals surface area contributed by atoms with E-state index in [-0.39, 0.29) is 23.2 Å². The van der Waals surface area contributed by atoms with Gasteiger partial charge in [-0.15, -0.1) is 0 Å². The molecule has 1 unspecified atom stereocenters. The summed E-state index contributed by atoms with van der Waals surface area (Å²) in [5.41, 5.74) is 4.43. The molecule has 0 aliphatic carbocycles. The van der Waals surface area contributed by atoms with Crippen molar-refractivity contribution < 1.29 is 19.4 Å². The van der Waals surface area contributed by atoms with Crippen molar-refractivity contribution in [2.45, 2.75) is 12.6 Å². The Kier molecular flexibility index (Phi) is 5.18. The Hall–Kier alpha value is -4.33. The minimum atomic E-state index is -0.481. The lowest BCUT2D eigenvalue weighted by Crippen LogP contribution is -2.29. The van der Waals surface area contributed by atoms with Crippen molar-refractivity contribution in [1.29, 1.82) is 0 Å². The fraction of sp³-hybridized carbons (Fsp3) is 0.160. The molecule has 2 N–H and O–H groups in total. The van der Waals surface area contributed by atoms with E-state index >= 15 is 0 Å². The molecule has 3 heterocycles. The molecular weight excluding hydrogens is 420 g/mol. The van der Waals surface area contributed by atoms with Crippen molar-refractivity contribution in [3.63, 3.8) is 0 Å². The third kappa shape index (κ3) is 3.45. The molecule has 1 aliphatic heterocycles. The topological polar surface area (TPSA) is 101 Å². The zero-order valence-electron chi connectivity index (χ0n) is 18.1. The van der Waals surface area contributed by atoms with E-state index in [9.17, 15) is 9.90 Å². The number of fused-ring (bicyclic) bond motifs is 1. The van der Waals surface area contributed by atoms with Crippen LogP contribution in [0.5, 0.6) is 17.2 Å². The van der Waals surface area contributed by atoms with Gasteiger partial charge >= 0.3 is 0 Å². The molecule has 8 nitrogen and oxygen atoms in total. The summed E-state index contributed by atoms with van der Waals surface area (Å²) in [6.45, 7) is 0.347. The number of rotatable bonds is 6. The van der Waals surface area contributed by atoms with Gasteiger partial charge in [0.2, 0.25) is 5.75 Å². The summed E-state index contributed by atoms with van der Waals surface area (Å²) in [6.07, 6.45) is 3.44. The molecule has 0 saturated heterocycles. The van der Waals surface area contributed by atoms with Crippen LogP contribution in [0.25, 0.3) is 11.3 Å². The van der Waals surface area contributed by atoms with Gasteiger partial charge in [-0.05, 0) is 29.3 Å². The molecule has 1 amide bonds. The number of aromatic nitrogens is 3. The fourth-order valence-electron chi connectivity index (χ4n) is 4.28. The molecule has 0 bridgehead atoms. The third-order valence-corrected chi connectivity index (χ3v) is 5.80. The molecule has 1 atom stereocenters. The molecule has 4 aromatic rings. The summed E-state index contributed by atoms with van der Waals surface area (Å²) in [5, 5.41) is 17.9. The maximum Gasteiger partial charge on any atom is 0.273 e. The maximum absolute atomic E-state index is 13.5. The van der Waals surface area contributed by atoms with Gasteiger partial charge in [-0.3, -0.25) is 14.9 Å². The summed E-state index contributed by atoms with van der Waals surface area (Å²) in [7, 11) is 2.95. The quantitative estimate of drug-likeness (QED) is 0.469. The number of methoxy groups -OCH3 is 2. The number of nitrogens with one attached hydrogen (secondary N) is 1. The number of carbonyl (C=O) groups is 1. The first-order chi connectivity index (χ1) is 16.1. The van der Waals surface area contributed by atoms with E-state index in [2.05, 4.69) is 15.2 Å². The van der Waals surface area contributed by atoms with Crippen molar-refractivity contribution in [3.8, 4) is 28.5 Å². The summed E-state index contributed by atoms with van der Waals surface area (Å²) in [4.78, 5) is 19.5. The molecule has 8 heteroatoms. The number of H-pyrrole nitrogens is 1. The highest BCUT2D eigenvalue weighted by molar-refractivity contribution is 6.00. The van der Waals surface area contributed by atoms with Crippen LogP contribution in [-0.2, 0) is 6.54 Å². The molecule has 0 radical (unpaired) electrons. The van der Waals surface area contributed by atoms with Gasteiger partial charge in [-0.2, -0.15) is 5.10 Å². The minimum absolute atomic E-state index is 0.0948. The van der Waals surface area contributed by atoms with Crippen molar-refractivity contribution >= 4 is 5.91 Å². The van der Waals surface area contributed by atoms with E-state index in [1.54, 1.807) is 29.4 Å². The van der Waals surface area contributed by atoms with E-state index in [1.165, 1.54) is 14.2 Å². The lowest BCUT2D eigenvalue weighted by molar-refractivity contribution is 0.0729. The predicted octanol–water partition coefficient (Wildman–Crippen LogP) is 3.94. The van der Waals surface area contributed by atoms with Crippen LogP contribution < -0.4 is 9.47 Å². The number of amides is 1. The van der Waals surface area contributed by atoms with Gasteiger partial charge in [0.25, 0.3) is 5.91 Å². The summed E-state index contributed by atoms with van der Waals surface area (Å²) < 4.78 is 10.8. The van der Waals surface area contributed by atoms with Crippen molar-refractivity contribution in [2.24, 2.45) is 0 Å². The number of aromatic hydroxyl groups is 1. The molecule has 0 fully saturated rings. The van der Waals surface area contributed by atoms with Crippen LogP contribution in [0.4, 0.5) is 0 Å². The summed E-state index contributed by atoms with van der Waals surface area (Å²) in [6, 6.07) is 16.5. The highest BCUT2D eigenvalue weighted by Gasteiger charge is 2.42. The van der Waals surface area contributed by atoms with Crippen molar-refractivity contribution in [1.82, 2.24) is 20.1 Å². The van der Waals surface area contributed by atoms with E-state index in [0.717, 1.165) is 22.3 Å². The minimum Gasteiger partial charge on any atom is -0.502 e. The lowest BCUT2D eigenvalue weighted by atomic mass is 9.95. The number of benzene rings is 2. The van der Waals surface area contributed by atoms with Crippen LogP contribution in [0.15, 0.2) is 67.0 Å². The number of hydrogen-bond acceptors (Lipinski definition) is 6. The number of phenols is 1. The molecule has 166 valence electrons. The Balaban J connectivity index is 1.70. The van der Waals surface area contributed by atoms with Gasteiger partial charge in [0.15, 0.2) is 11.5 Å². The van der Waals surface area contributed by atoms with Crippen molar-refractivity contribution in [2.75, 3.05) is 14.2 Å². The normalized spacial score (nSPS) is 14.9. The molecule has 0 spiro atoms. The number of aromatic amines is 1.